The molecule has 0 bridgehead atoms. The van der Waals surface area contributed by atoms with Gasteiger partial charge in [-0.3, -0.25) is 0 Å². The standard InChI is InChI=1S/C10H8F3NO/c11-10(12,13)9-4-2-1-3-8(9)7-15-6-5-14/h1-4H,6-7H2. The Kier molecular flexibility index (Phi) is 3.69. The first-order valence-corrected chi connectivity index (χ1v) is 4.15. The quantitative estimate of drug-likeness (QED) is 0.726. The van der Waals surface area contributed by atoms with Crippen LogP contribution in [0.3, 0.4) is 0 Å². The summed E-state index contributed by atoms with van der Waals surface area (Å²) >= 11 is 0. The molecule has 0 aliphatic rings. The van der Waals surface area contributed by atoms with Gasteiger partial charge in [0, 0.05) is 0 Å². The highest BCUT2D eigenvalue weighted by Gasteiger charge is 2.32. The molecule has 1 aromatic rings. The Morgan fingerprint density at radius 3 is 2.53 bits per heavy atom. The van der Waals surface area contributed by atoms with Gasteiger partial charge in [0.1, 0.15) is 6.61 Å². The minimum atomic E-state index is -4.38. The van der Waals surface area contributed by atoms with Gasteiger partial charge in [0.15, 0.2) is 0 Å². The molecule has 0 N–H and O–H groups in total. The van der Waals surface area contributed by atoms with Crippen molar-refractivity contribution in [3.63, 3.8) is 0 Å². The van der Waals surface area contributed by atoms with Crippen LogP contribution >= 0.6 is 0 Å². The van der Waals surface area contributed by atoms with Crippen molar-refractivity contribution in [2.24, 2.45) is 0 Å². The van der Waals surface area contributed by atoms with Gasteiger partial charge in [-0.1, -0.05) is 18.2 Å². The number of nitriles is 1. The Bertz CT molecular complexity index is 368. The number of nitrogens with zero attached hydrogens (tertiary/aromatic N) is 1. The van der Waals surface area contributed by atoms with E-state index >= 15 is 0 Å². The molecule has 0 spiro atoms. The van der Waals surface area contributed by atoms with Crippen LogP contribution in [0.4, 0.5) is 13.2 Å². The fourth-order valence-corrected chi connectivity index (χ4v) is 1.13. The maximum absolute atomic E-state index is 12.4. The molecule has 80 valence electrons. The third-order valence-corrected chi connectivity index (χ3v) is 1.75. The molecule has 0 aliphatic carbocycles. The summed E-state index contributed by atoms with van der Waals surface area (Å²) in [6.07, 6.45) is -4.38. The summed E-state index contributed by atoms with van der Waals surface area (Å²) in [5, 5.41) is 8.18. The fourth-order valence-electron chi connectivity index (χ4n) is 1.13. The van der Waals surface area contributed by atoms with Gasteiger partial charge in [0.25, 0.3) is 0 Å². The molecular formula is C10H8F3NO. The molecule has 0 radical (unpaired) electrons. The highest BCUT2D eigenvalue weighted by molar-refractivity contribution is 5.28. The van der Waals surface area contributed by atoms with Crippen LogP contribution in [-0.4, -0.2) is 6.61 Å². The summed E-state index contributed by atoms with van der Waals surface area (Å²) in [5.74, 6) is 0. The topological polar surface area (TPSA) is 33.0 Å². The molecule has 0 amide bonds. The number of alkyl halides is 3. The maximum Gasteiger partial charge on any atom is 0.416 e. The van der Waals surface area contributed by atoms with Gasteiger partial charge in [0.2, 0.25) is 0 Å². The summed E-state index contributed by atoms with van der Waals surface area (Å²) in [6.45, 7) is -0.421. The lowest BCUT2D eigenvalue weighted by molar-refractivity contribution is -0.138. The summed E-state index contributed by atoms with van der Waals surface area (Å²) in [5.41, 5.74) is -0.678. The molecule has 1 rings (SSSR count). The first-order valence-electron chi connectivity index (χ1n) is 4.15. The van der Waals surface area contributed by atoms with Gasteiger partial charge in [0.05, 0.1) is 18.2 Å². The SMILES string of the molecule is N#CCOCc1ccccc1C(F)(F)F. The number of hydrogen-bond acceptors (Lipinski definition) is 2. The molecule has 0 aromatic heterocycles. The van der Waals surface area contributed by atoms with Crippen molar-refractivity contribution in [2.45, 2.75) is 12.8 Å². The Morgan fingerprint density at radius 1 is 1.27 bits per heavy atom. The molecule has 5 heteroatoms. The third-order valence-electron chi connectivity index (χ3n) is 1.75. The van der Waals surface area contributed by atoms with Crippen molar-refractivity contribution in [3.8, 4) is 6.07 Å². The minimum Gasteiger partial charge on any atom is -0.362 e. The zero-order valence-electron chi connectivity index (χ0n) is 7.71. The summed E-state index contributed by atoms with van der Waals surface area (Å²) in [6, 6.07) is 6.83. The van der Waals surface area contributed by atoms with Gasteiger partial charge in [-0.25, -0.2) is 0 Å². The van der Waals surface area contributed by atoms with E-state index in [4.69, 9.17) is 10.00 Å². The van der Waals surface area contributed by atoms with Crippen LogP contribution in [-0.2, 0) is 17.5 Å². The van der Waals surface area contributed by atoms with Crippen LogP contribution in [0.25, 0.3) is 0 Å². The first-order chi connectivity index (χ1) is 7.05. The van der Waals surface area contributed by atoms with Crippen molar-refractivity contribution >= 4 is 0 Å². The second-order valence-corrected chi connectivity index (χ2v) is 2.81. The Morgan fingerprint density at radius 2 is 1.93 bits per heavy atom. The van der Waals surface area contributed by atoms with Crippen molar-refractivity contribution in [1.29, 1.82) is 5.26 Å². The first kappa shape index (κ1) is 11.5. The van der Waals surface area contributed by atoms with E-state index in [-0.39, 0.29) is 18.8 Å². The number of hydrogen-bond donors (Lipinski definition) is 0. The molecule has 0 unspecified atom stereocenters. The highest BCUT2D eigenvalue weighted by Crippen LogP contribution is 2.31. The Hall–Kier alpha value is -1.54. The summed E-state index contributed by atoms with van der Waals surface area (Å²) < 4.78 is 42.1. The number of rotatable bonds is 3. The van der Waals surface area contributed by atoms with Crippen LogP contribution in [0.15, 0.2) is 24.3 Å². The second kappa shape index (κ2) is 4.80. The largest absolute Gasteiger partial charge is 0.416 e. The van der Waals surface area contributed by atoms with Gasteiger partial charge in [-0.2, -0.15) is 18.4 Å². The lowest BCUT2D eigenvalue weighted by Gasteiger charge is -2.11. The number of halogens is 3. The van der Waals surface area contributed by atoms with Crippen molar-refractivity contribution in [3.05, 3.63) is 35.4 Å². The summed E-state index contributed by atoms with van der Waals surface area (Å²) in [7, 11) is 0. The maximum atomic E-state index is 12.4. The van der Waals surface area contributed by atoms with Crippen LogP contribution in [0.5, 0.6) is 0 Å². The predicted molar refractivity (Wildman–Crippen MR) is 46.7 cm³/mol. The van der Waals surface area contributed by atoms with Gasteiger partial charge in [-0.15, -0.1) is 0 Å². The highest BCUT2D eigenvalue weighted by atomic mass is 19.4. The van der Waals surface area contributed by atoms with E-state index in [1.54, 1.807) is 6.07 Å². The lowest BCUT2D eigenvalue weighted by Crippen LogP contribution is -2.09. The normalized spacial score (nSPS) is 11.1. The van der Waals surface area contributed by atoms with Gasteiger partial charge >= 0.3 is 6.18 Å². The van der Waals surface area contributed by atoms with Crippen LogP contribution in [0.2, 0.25) is 0 Å². The molecule has 0 atom stereocenters. The monoisotopic (exact) mass is 215 g/mol. The molecular weight excluding hydrogens is 207 g/mol. The molecule has 0 aliphatic heterocycles. The Labute approximate surface area is 84.9 Å². The van der Waals surface area contributed by atoms with Gasteiger partial charge in [-0.05, 0) is 11.6 Å². The van der Waals surface area contributed by atoms with E-state index in [1.807, 2.05) is 0 Å². The number of benzene rings is 1. The van der Waals surface area contributed by atoms with Gasteiger partial charge < -0.3 is 4.74 Å². The van der Waals surface area contributed by atoms with Crippen LogP contribution < -0.4 is 0 Å². The number of ether oxygens (including phenoxy) is 1. The van der Waals surface area contributed by atoms with Crippen molar-refractivity contribution in [2.75, 3.05) is 6.61 Å². The smallest absolute Gasteiger partial charge is 0.362 e. The second-order valence-electron chi connectivity index (χ2n) is 2.81. The van der Waals surface area contributed by atoms with E-state index in [0.717, 1.165) is 6.07 Å². The van der Waals surface area contributed by atoms with E-state index < -0.39 is 11.7 Å². The molecule has 2 nitrogen and oxygen atoms in total. The van der Waals surface area contributed by atoms with E-state index in [9.17, 15) is 13.2 Å². The van der Waals surface area contributed by atoms with Crippen molar-refractivity contribution in [1.82, 2.24) is 0 Å². The minimum absolute atomic E-state index is 0.0419. The molecule has 0 saturated heterocycles. The zero-order chi connectivity index (χ0) is 11.3. The third kappa shape index (κ3) is 3.26. The fraction of sp³-hybridized carbons (Fsp3) is 0.300. The van der Waals surface area contributed by atoms with Crippen LogP contribution in [0, 0.1) is 11.3 Å². The average Bonchev–Trinajstić information content (AvgIpc) is 2.17. The average molecular weight is 215 g/mol. The molecule has 15 heavy (non-hydrogen) atoms. The van der Waals surface area contributed by atoms with E-state index in [2.05, 4.69) is 0 Å². The zero-order valence-corrected chi connectivity index (χ0v) is 7.71. The summed E-state index contributed by atoms with van der Waals surface area (Å²) in [4.78, 5) is 0. The van der Waals surface area contributed by atoms with Crippen molar-refractivity contribution < 1.29 is 17.9 Å². The lowest BCUT2D eigenvalue weighted by atomic mass is 10.1. The molecule has 0 saturated carbocycles. The molecule has 0 heterocycles. The molecule has 1 aromatic carbocycles. The van der Waals surface area contributed by atoms with E-state index in [1.165, 1.54) is 18.2 Å². The van der Waals surface area contributed by atoms with E-state index in [0.29, 0.717) is 0 Å². The molecule has 0 fully saturated rings. The predicted octanol–water partition coefficient (Wildman–Crippen LogP) is 2.75. The Balaban J connectivity index is 2.83. The van der Waals surface area contributed by atoms with Crippen LogP contribution in [0.1, 0.15) is 11.1 Å².